The third-order valence-electron chi connectivity index (χ3n) is 2.32. The Kier molecular flexibility index (Phi) is 3.05. The van der Waals surface area contributed by atoms with Gasteiger partial charge in [-0.05, 0) is 28.1 Å². The van der Waals surface area contributed by atoms with E-state index in [0.717, 1.165) is 12.1 Å². The van der Waals surface area contributed by atoms with Gasteiger partial charge >= 0.3 is 6.18 Å². The molecule has 1 aromatic carbocycles. The zero-order chi connectivity index (χ0) is 13.5. The number of aromatic nitrogens is 2. The maximum Gasteiger partial charge on any atom is 0.417 e. The van der Waals surface area contributed by atoms with Gasteiger partial charge in [-0.3, -0.25) is 4.79 Å². The molecule has 0 aliphatic rings. The van der Waals surface area contributed by atoms with Crippen LogP contribution in [0.4, 0.5) is 13.2 Å². The molecule has 1 heterocycles. The Balaban J connectivity index is 2.98. The number of nitrogens with one attached hydrogen (secondary N) is 1. The SMILES string of the molecule is COc1ccc(C(F)(F)F)c2c(=O)[nH]c(Br)nc12. The van der Waals surface area contributed by atoms with Crippen molar-refractivity contribution in [2.45, 2.75) is 6.18 Å². The van der Waals surface area contributed by atoms with Gasteiger partial charge in [-0.1, -0.05) is 0 Å². The Morgan fingerprint density at radius 3 is 2.61 bits per heavy atom. The third-order valence-corrected chi connectivity index (χ3v) is 2.70. The fraction of sp³-hybridized carbons (Fsp3) is 0.200. The Hall–Kier alpha value is -1.57. The molecule has 96 valence electrons. The summed E-state index contributed by atoms with van der Waals surface area (Å²) in [4.78, 5) is 17.6. The van der Waals surface area contributed by atoms with Gasteiger partial charge in [-0.2, -0.15) is 13.2 Å². The van der Waals surface area contributed by atoms with Gasteiger partial charge < -0.3 is 9.72 Å². The predicted octanol–water partition coefficient (Wildman–Crippen LogP) is 2.71. The lowest BCUT2D eigenvalue weighted by Gasteiger charge is -2.11. The molecule has 0 fully saturated rings. The monoisotopic (exact) mass is 322 g/mol. The zero-order valence-corrected chi connectivity index (χ0v) is 10.5. The summed E-state index contributed by atoms with van der Waals surface area (Å²) in [6, 6.07) is 1.93. The lowest BCUT2D eigenvalue weighted by Crippen LogP contribution is -2.16. The average Bonchev–Trinajstić information content (AvgIpc) is 2.25. The number of hydrogen-bond acceptors (Lipinski definition) is 3. The van der Waals surface area contributed by atoms with Gasteiger partial charge in [-0.25, -0.2) is 4.98 Å². The highest BCUT2D eigenvalue weighted by atomic mass is 79.9. The number of ether oxygens (including phenoxy) is 1. The number of H-pyrrole nitrogens is 1. The van der Waals surface area contributed by atoms with Gasteiger partial charge in [0.15, 0.2) is 4.73 Å². The second-order valence-electron chi connectivity index (χ2n) is 3.39. The molecule has 0 saturated heterocycles. The topological polar surface area (TPSA) is 55.0 Å². The number of alkyl halides is 3. The van der Waals surface area contributed by atoms with Gasteiger partial charge in [0.05, 0.1) is 18.1 Å². The van der Waals surface area contributed by atoms with Gasteiger partial charge in [0.1, 0.15) is 11.3 Å². The first-order chi connectivity index (χ1) is 8.34. The molecule has 4 nitrogen and oxygen atoms in total. The Labute approximate surface area is 107 Å². The van der Waals surface area contributed by atoms with E-state index in [1.807, 2.05) is 0 Å². The second kappa shape index (κ2) is 4.27. The zero-order valence-electron chi connectivity index (χ0n) is 8.93. The highest BCUT2D eigenvalue weighted by molar-refractivity contribution is 9.10. The number of rotatable bonds is 1. The quantitative estimate of drug-likeness (QED) is 0.821. The van der Waals surface area contributed by atoms with Crippen LogP contribution >= 0.6 is 15.9 Å². The smallest absolute Gasteiger partial charge is 0.417 e. The summed E-state index contributed by atoms with van der Waals surface area (Å²) in [5.41, 5.74) is -2.06. The van der Waals surface area contributed by atoms with E-state index in [-0.39, 0.29) is 16.0 Å². The van der Waals surface area contributed by atoms with E-state index >= 15 is 0 Å². The minimum absolute atomic E-state index is 0.0395. The third kappa shape index (κ3) is 2.07. The summed E-state index contributed by atoms with van der Waals surface area (Å²) >= 11 is 2.92. The highest BCUT2D eigenvalue weighted by Gasteiger charge is 2.34. The molecule has 0 spiro atoms. The molecule has 0 atom stereocenters. The van der Waals surface area contributed by atoms with E-state index in [0.29, 0.717) is 0 Å². The Morgan fingerprint density at radius 2 is 2.06 bits per heavy atom. The number of fused-ring (bicyclic) bond motifs is 1. The lowest BCUT2D eigenvalue weighted by atomic mass is 10.1. The summed E-state index contributed by atoms with van der Waals surface area (Å²) in [5, 5.41) is -0.537. The number of hydrogen-bond donors (Lipinski definition) is 1. The molecule has 8 heteroatoms. The fourth-order valence-corrected chi connectivity index (χ4v) is 1.95. The van der Waals surface area contributed by atoms with E-state index in [9.17, 15) is 18.0 Å². The molecule has 2 aromatic rings. The molecule has 0 radical (unpaired) electrons. The van der Waals surface area contributed by atoms with Gasteiger partial charge in [-0.15, -0.1) is 0 Å². The van der Waals surface area contributed by atoms with E-state index in [4.69, 9.17) is 4.74 Å². The van der Waals surface area contributed by atoms with Gasteiger partial charge in [0, 0.05) is 0 Å². The van der Waals surface area contributed by atoms with Gasteiger partial charge in [0.2, 0.25) is 0 Å². The van der Waals surface area contributed by atoms with Crippen LogP contribution in [0.1, 0.15) is 5.56 Å². The van der Waals surface area contributed by atoms with Crippen LogP contribution in [0.3, 0.4) is 0 Å². The molecule has 0 aliphatic heterocycles. The number of benzene rings is 1. The first-order valence-electron chi connectivity index (χ1n) is 4.68. The maximum absolute atomic E-state index is 12.8. The van der Waals surface area contributed by atoms with Crippen molar-refractivity contribution in [3.8, 4) is 5.75 Å². The number of nitrogens with zero attached hydrogens (tertiary/aromatic N) is 1. The van der Waals surface area contributed by atoms with Crippen molar-refractivity contribution < 1.29 is 17.9 Å². The van der Waals surface area contributed by atoms with Crippen LogP contribution in [0.25, 0.3) is 10.9 Å². The first kappa shape index (κ1) is 12.9. The molecule has 2 rings (SSSR count). The van der Waals surface area contributed by atoms with Crippen LogP contribution < -0.4 is 10.3 Å². The molecular weight excluding hydrogens is 317 g/mol. The van der Waals surface area contributed by atoms with Crippen molar-refractivity contribution in [3.05, 3.63) is 32.8 Å². The average molecular weight is 323 g/mol. The van der Waals surface area contributed by atoms with E-state index in [1.165, 1.54) is 7.11 Å². The molecule has 18 heavy (non-hydrogen) atoms. The maximum atomic E-state index is 12.8. The predicted molar refractivity (Wildman–Crippen MR) is 61.6 cm³/mol. The molecule has 0 saturated carbocycles. The largest absolute Gasteiger partial charge is 0.494 e. The lowest BCUT2D eigenvalue weighted by molar-refractivity contribution is -0.136. The Bertz CT molecular complexity index is 666. The summed E-state index contributed by atoms with van der Waals surface area (Å²) in [6.45, 7) is 0. The minimum Gasteiger partial charge on any atom is -0.494 e. The number of halogens is 4. The van der Waals surface area contributed by atoms with Crippen LogP contribution in [-0.2, 0) is 6.18 Å². The fourth-order valence-electron chi connectivity index (χ4n) is 1.60. The normalized spacial score (nSPS) is 11.8. The summed E-state index contributed by atoms with van der Waals surface area (Å²) in [7, 11) is 1.29. The molecular formula is C10H6BrF3N2O2. The summed E-state index contributed by atoms with van der Waals surface area (Å²) in [6.07, 6.45) is -4.63. The molecule has 1 N–H and O–H groups in total. The van der Waals surface area contributed by atoms with Crippen molar-refractivity contribution in [2.24, 2.45) is 0 Å². The summed E-state index contributed by atoms with van der Waals surface area (Å²) < 4.78 is 43.3. The van der Waals surface area contributed by atoms with Crippen molar-refractivity contribution in [2.75, 3.05) is 7.11 Å². The van der Waals surface area contributed by atoms with Crippen molar-refractivity contribution in [1.29, 1.82) is 0 Å². The number of aromatic amines is 1. The van der Waals surface area contributed by atoms with Crippen molar-refractivity contribution in [1.82, 2.24) is 9.97 Å². The number of methoxy groups -OCH3 is 1. The molecule has 0 bridgehead atoms. The molecule has 0 aliphatic carbocycles. The highest BCUT2D eigenvalue weighted by Crippen LogP contribution is 2.36. The Morgan fingerprint density at radius 1 is 1.39 bits per heavy atom. The second-order valence-corrected chi connectivity index (χ2v) is 4.14. The van der Waals surface area contributed by atoms with Crippen LogP contribution in [0.5, 0.6) is 5.75 Å². The molecule has 0 unspecified atom stereocenters. The van der Waals surface area contributed by atoms with Crippen molar-refractivity contribution >= 4 is 26.8 Å². The van der Waals surface area contributed by atoms with Crippen LogP contribution in [-0.4, -0.2) is 17.1 Å². The van der Waals surface area contributed by atoms with E-state index < -0.39 is 22.7 Å². The van der Waals surface area contributed by atoms with Crippen molar-refractivity contribution in [3.63, 3.8) is 0 Å². The van der Waals surface area contributed by atoms with Gasteiger partial charge in [0.25, 0.3) is 5.56 Å². The van der Waals surface area contributed by atoms with E-state index in [2.05, 4.69) is 25.9 Å². The summed E-state index contributed by atoms with van der Waals surface area (Å²) in [5.74, 6) is 0.102. The molecule has 1 aromatic heterocycles. The minimum atomic E-state index is -4.63. The molecule has 0 amide bonds. The van der Waals surface area contributed by atoms with Crippen LogP contribution in [0.15, 0.2) is 21.7 Å². The van der Waals surface area contributed by atoms with E-state index in [1.54, 1.807) is 0 Å². The van der Waals surface area contributed by atoms with Crippen LogP contribution in [0, 0.1) is 0 Å². The standard InChI is InChI=1S/C10H6BrF3N2O2/c1-18-5-3-2-4(10(12,13)14)6-7(5)15-9(11)16-8(6)17/h2-3H,1H3,(H,15,16,17). The van der Waals surface area contributed by atoms with Crippen LogP contribution in [0.2, 0.25) is 0 Å². The first-order valence-corrected chi connectivity index (χ1v) is 5.47.